The summed E-state index contributed by atoms with van der Waals surface area (Å²) >= 11 is 2.31. The first-order chi connectivity index (χ1) is 8.08. The molecule has 4 nitrogen and oxygen atoms in total. The fourth-order valence-electron chi connectivity index (χ4n) is 1.54. The maximum Gasteiger partial charge on any atom is 0.156 e. The van der Waals surface area contributed by atoms with Crippen molar-refractivity contribution in [2.24, 2.45) is 5.92 Å². The first kappa shape index (κ1) is 14.6. The van der Waals surface area contributed by atoms with Crippen molar-refractivity contribution in [2.45, 2.75) is 33.8 Å². The van der Waals surface area contributed by atoms with Crippen LogP contribution >= 0.6 is 22.6 Å². The van der Waals surface area contributed by atoms with Gasteiger partial charge in [-0.2, -0.15) is 0 Å². The lowest BCUT2D eigenvalue weighted by molar-refractivity contribution is 0.177. The van der Waals surface area contributed by atoms with Crippen molar-refractivity contribution in [3.05, 3.63) is 15.1 Å². The van der Waals surface area contributed by atoms with Gasteiger partial charge in [-0.3, -0.25) is 0 Å². The van der Waals surface area contributed by atoms with E-state index in [2.05, 4.69) is 58.6 Å². The number of rotatable bonds is 6. The van der Waals surface area contributed by atoms with Gasteiger partial charge in [0, 0.05) is 13.7 Å². The monoisotopic (exact) mass is 349 g/mol. The first-order valence-corrected chi connectivity index (χ1v) is 6.94. The molecule has 1 aromatic heterocycles. The van der Waals surface area contributed by atoms with Gasteiger partial charge in [-0.15, -0.1) is 0 Å². The molecule has 1 aromatic rings. The first-order valence-electron chi connectivity index (χ1n) is 5.86. The fraction of sp³-hybridized carbons (Fsp3) is 0.667. The van der Waals surface area contributed by atoms with E-state index in [4.69, 9.17) is 4.74 Å². The zero-order chi connectivity index (χ0) is 12.8. The second-order valence-corrected chi connectivity index (χ2v) is 5.39. The molecule has 0 spiro atoms. The molecule has 17 heavy (non-hydrogen) atoms. The number of aromatic nitrogens is 2. The molecule has 0 fully saturated rings. The van der Waals surface area contributed by atoms with Gasteiger partial charge in [0.1, 0.15) is 12.4 Å². The summed E-state index contributed by atoms with van der Waals surface area (Å²) in [6.45, 7) is 7.78. The van der Waals surface area contributed by atoms with Gasteiger partial charge < -0.3 is 10.1 Å². The zero-order valence-electron chi connectivity index (χ0n) is 10.9. The van der Waals surface area contributed by atoms with Crippen LogP contribution in [0.25, 0.3) is 0 Å². The van der Waals surface area contributed by atoms with Crippen LogP contribution in [0.3, 0.4) is 0 Å². The van der Waals surface area contributed by atoms with E-state index in [-0.39, 0.29) is 0 Å². The van der Waals surface area contributed by atoms with Gasteiger partial charge in [-0.1, -0.05) is 13.8 Å². The summed E-state index contributed by atoms with van der Waals surface area (Å²) in [6, 6.07) is 0. The number of nitrogens with zero attached hydrogens (tertiary/aromatic N) is 2. The molecule has 0 saturated carbocycles. The van der Waals surface area contributed by atoms with Gasteiger partial charge in [-0.25, -0.2) is 9.97 Å². The Bertz CT molecular complexity index is 369. The molecule has 0 aliphatic carbocycles. The molecule has 0 unspecified atom stereocenters. The summed E-state index contributed by atoms with van der Waals surface area (Å²) in [6.07, 6.45) is 0.968. The Morgan fingerprint density at radius 1 is 1.35 bits per heavy atom. The van der Waals surface area contributed by atoms with Crippen molar-refractivity contribution >= 4 is 28.4 Å². The van der Waals surface area contributed by atoms with Crippen LogP contribution in [0.1, 0.15) is 32.3 Å². The summed E-state index contributed by atoms with van der Waals surface area (Å²) in [4.78, 5) is 9.03. The van der Waals surface area contributed by atoms with Crippen LogP contribution < -0.4 is 5.32 Å². The smallest absolute Gasteiger partial charge is 0.156 e. The van der Waals surface area contributed by atoms with Crippen LogP contribution in [0, 0.1) is 9.49 Å². The van der Waals surface area contributed by atoms with Crippen LogP contribution in [0.5, 0.6) is 0 Å². The van der Waals surface area contributed by atoms with Gasteiger partial charge in [-0.05, 0) is 41.9 Å². The summed E-state index contributed by atoms with van der Waals surface area (Å²) in [5, 5.41) is 3.27. The maximum absolute atomic E-state index is 5.11. The lowest BCUT2D eigenvalue weighted by Crippen LogP contribution is -2.11. The van der Waals surface area contributed by atoms with E-state index in [0.717, 1.165) is 33.9 Å². The predicted molar refractivity (Wildman–Crippen MR) is 78.2 cm³/mol. The highest BCUT2D eigenvalue weighted by Crippen LogP contribution is 2.21. The molecule has 1 rings (SSSR count). The van der Waals surface area contributed by atoms with Crippen molar-refractivity contribution in [3.8, 4) is 0 Å². The third-order valence-electron chi connectivity index (χ3n) is 2.19. The quantitative estimate of drug-likeness (QED) is 0.803. The van der Waals surface area contributed by atoms with Crippen LogP contribution in [-0.2, 0) is 17.8 Å². The number of hydrogen-bond acceptors (Lipinski definition) is 4. The molecule has 0 amide bonds. The molecule has 0 bridgehead atoms. The predicted octanol–water partition coefficient (Wildman–Crippen LogP) is 2.86. The molecule has 5 heteroatoms. The van der Waals surface area contributed by atoms with Crippen molar-refractivity contribution < 1.29 is 4.74 Å². The number of ether oxygens (including phenoxy) is 1. The molecule has 0 aliphatic rings. The van der Waals surface area contributed by atoms with E-state index < -0.39 is 0 Å². The number of halogens is 1. The summed E-state index contributed by atoms with van der Waals surface area (Å²) in [5.41, 5.74) is 1.11. The lowest BCUT2D eigenvalue weighted by atomic mass is 10.1. The number of methoxy groups -OCH3 is 1. The average Bonchev–Trinajstić information content (AvgIpc) is 2.24. The van der Waals surface area contributed by atoms with Gasteiger partial charge in [0.25, 0.3) is 0 Å². The Morgan fingerprint density at radius 2 is 2.06 bits per heavy atom. The Kier molecular flexibility index (Phi) is 6.11. The third kappa shape index (κ3) is 4.39. The molecule has 0 aliphatic heterocycles. The summed E-state index contributed by atoms with van der Waals surface area (Å²) in [5.74, 6) is 2.26. The Morgan fingerprint density at radius 3 is 2.59 bits per heavy atom. The van der Waals surface area contributed by atoms with Crippen molar-refractivity contribution in [3.63, 3.8) is 0 Å². The molecule has 0 saturated heterocycles. The molecule has 96 valence electrons. The van der Waals surface area contributed by atoms with E-state index in [1.165, 1.54) is 0 Å². The number of nitrogens with one attached hydrogen (secondary N) is 1. The van der Waals surface area contributed by atoms with Gasteiger partial charge in [0.15, 0.2) is 5.82 Å². The zero-order valence-corrected chi connectivity index (χ0v) is 13.0. The SMILES string of the molecule is CCNc1nc(COC)nc(CC(C)C)c1I. The second-order valence-electron chi connectivity index (χ2n) is 4.31. The van der Waals surface area contributed by atoms with E-state index in [0.29, 0.717) is 12.5 Å². The topological polar surface area (TPSA) is 47.0 Å². The lowest BCUT2D eigenvalue weighted by Gasteiger charge is -2.13. The minimum atomic E-state index is 0.459. The van der Waals surface area contributed by atoms with Crippen LogP contribution in [0.4, 0.5) is 5.82 Å². The van der Waals surface area contributed by atoms with E-state index in [1.807, 2.05) is 0 Å². The number of hydrogen-bond donors (Lipinski definition) is 1. The van der Waals surface area contributed by atoms with Gasteiger partial charge >= 0.3 is 0 Å². The highest BCUT2D eigenvalue weighted by molar-refractivity contribution is 14.1. The van der Waals surface area contributed by atoms with Crippen molar-refractivity contribution in [1.29, 1.82) is 0 Å². The number of anilines is 1. The Hall–Kier alpha value is -0.430. The minimum absolute atomic E-state index is 0.459. The fourth-order valence-corrected chi connectivity index (χ4v) is 2.20. The molecule has 0 aromatic carbocycles. The highest BCUT2D eigenvalue weighted by Gasteiger charge is 2.12. The molecular weight excluding hydrogens is 329 g/mol. The average molecular weight is 349 g/mol. The molecule has 1 N–H and O–H groups in total. The van der Waals surface area contributed by atoms with Crippen molar-refractivity contribution in [1.82, 2.24) is 9.97 Å². The second kappa shape index (κ2) is 7.10. The van der Waals surface area contributed by atoms with Gasteiger partial charge in [0.05, 0.1) is 9.26 Å². The van der Waals surface area contributed by atoms with Crippen LogP contribution in [-0.4, -0.2) is 23.6 Å². The molecule has 0 radical (unpaired) electrons. The molecule has 0 atom stereocenters. The largest absolute Gasteiger partial charge is 0.377 e. The standard InChI is InChI=1S/C12H20IN3O/c1-5-14-12-11(13)9(6-8(2)3)15-10(16-12)7-17-4/h8H,5-7H2,1-4H3,(H,14,15,16). The molecular formula is C12H20IN3O. The Labute approximate surface area is 117 Å². The van der Waals surface area contributed by atoms with Crippen LogP contribution in [0.15, 0.2) is 0 Å². The van der Waals surface area contributed by atoms with E-state index >= 15 is 0 Å². The van der Waals surface area contributed by atoms with E-state index in [9.17, 15) is 0 Å². The Balaban J connectivity index is 3.07. The van der Waals surface area contributed by atoms with Gasteiger partial charge in [0.2, 0.25) is 0 Å². The summed E-state index contributed by atoms with van der Waals surface area (Å²) in [7, 11) is 1.66. The van der Waals surface area contributed by atoms with Crippen LogP contribution in [0.2, 0.25) is 0 Å². The van der Waals surface area contributed by atoms with E-state index in [1.54, 1.807) is 7.11 Å². The normalized spacial score (nSPS) is 10.9. The molecule has 1 heterocycles. The highest BCUT2D eigenvalue weighted by atomic mass is 127. The summed E-state index contributed by atoms with van der Waals surface area (Å²) < 4.78 is 6.23. The maximum atomic E-state index is 5.11. The minimum Gasteiger partial charge on any atom is -0.377 e. The van der Waals surface area contributed by atoms with Crippen molar-refractivity contribution in [2.75, 3.05) is 19.0 Å². The third-order valence-corrected chi connectivity index (χ3v) is 3.32.